The SMILES string of the molecule is CCCCCCCCCCCCOC1CC2CC3CC=CCC3CC2CC1OCCCCCCCCCCCC. The fraction of sp³-hybridized carbons (Fsp3) is 0.947. The molecule has 40 heavy (non-hydrogen) atoms. The van der Waals surface area contributed by atoms with Gasteiger partial charge in [-0.25, -0.2) is 0 Å². The van der Waals surface area contributed by atoms with E-state index in [0.717, 1.165) is 36.9 Å². The van der Waals surface area contributed by atoms with Gasteiger partial charge < -0.3 is 9.47 Å². The van der Waals surface area contributed by atoms with E-state index >= 15 is 0 Å². The standard InChI is InChI=1S/C38H70O2/c1-3-5-7-9-11-13-15-17-19-23-27-39-37-31-35-29-33-25-21-22-26-34(33)30-36(35)32-38(37)40-28-24-20-18-16-14-12-10-8-6-4-2/h21-22,33-38H,3-20,23-32H2,1-2H3. The van der Waals surface area contributed by atoms with Crippen LogP contribution in [0.15, 0.2) is 12.2 Å². The lowest BCUT2D eigenvalue weighted by molar-refractivity contribution is -0.129. The van der Waals surface area contributed by atoms with E-state index in [2.05, 4.69) is 26.0 Å². The topological polar surface area (TPSA) is 18.5 Å². The van der Waals surface area contributed by atoms with Gasteiger partial charge in [0.05, 0.1) is 12.2 Å². The molecule has 0 N–H and O–H groups in total. The van der Waals surface area contributed by atoms with Crippen molar-refractivity contribution in [3.63, 3.8) is 0 Å². The van der Waals surface area contributed by atoms with E-state index in [1.54, 1.807) is 0 Å². The Hall–Kier alpha value is -0.340. The highest BCUT2D eigenvalue weighted by Gasteiger charge is 2.44. The van der Waals surface area contributed by atoms with Crippen LogP contribution in [0.3, 0.4) is 0 Å². The molecule has 0 saturated heterocycles. The van der Waals surface area contributed by atoms with Crippen LogP contribution < -0.4 is 0 Å². The van der Waals surface area contributed by atoms with Crippen molar-refractivity contribution in [1.82, 2.24) is 0 Å². The van der Waals surface area contributed by atoms with Gasteiger partial charge in [0.2, 0.25) is 0 Å². The summed E-state index contributed by atoms with van der Waals surface area (Å²) < 4.78 is 13.3. The number of rotatable bonds is 24. The Morgan fingerprint density at radius 1 is 0.400 bits per heavy atom. The molecule has 0 spiro atoms. The molecule has 0 heterocycles. The monoisotopic (exact) mass is 559 g/mol. The van der Waals surface area contributed by atoms with E-state index in [1.165, 1.54) is 167 Å². The van der Waals surface area contributed by atoms with Gasteiger partial charge in [-0.3, -0.25) is 0 Å². The number of fused-ring (bicyclic) bond motifs is 2. The molecule has 0 aromatic rings. The molecule has 3 aliphatic carbocycles. The van der Waals surface area contributed by atoms with Gasteiger partial charge in [-0.1, -0.05) is 142 Å². The van der Waals surface area contributed by atoms with Crippen LogP contribution in [0, 0.1) is 23.7 Å². The van der Waals surface area contributed by atoms with E-state index < -0.39 is 0 Å². The van der Waals surface area contributed by atoms with Crippen molar-refractivity contribution in [2.45, 2.75) is 193 Å². The summed E-state index contributed by atoms with van der Waals surface area (Å²) in [6.07, 6.45) is 41.5. The molecule has 0 radical (unpaired) electrons. The van der Waals surface area contributed by atoms with Gasteiger partial charge in [0.15, 0.2) is 0 Å². The van der Waals surface area contributed by atoms with E-state index in [9.17, 15) is 0 Å². The number of unbranched alkanes of at least 4 members (excludes halogenated alkanes) is 18. The maximum atomic E-state index is 6.66. The van der Waals surface area contributed by atoms with Gasteiger partial charge in [0, 0.05) is 13.2 Å². The Bertz CT molecular complexity index is 563. The van der Waals surface area contributed by atoms with Gasteiger partial charge in [0.1, 0.15) is 0 Å². The molecule has 3 rings (SSSR count). The lowest BCUT2D eigenvalue weighted by Gasteiger charge is -2.48. The average Bonchev–Trinajstić information content (AvgIpc) is 2.97. The molecule has 0 amide bonds. The molecule has 0 aromatic heterocycles. The highest BCUT2D eigenvalue weighted by atomic mass is 16.5. The third-order valence-corrected chi connectivity index (χ3v) is 10.7. The minimum Gasteiger partial charge on any atom is -0.376 e. The molecule has 2 saturated carbocycles. The highest BCUT2D eigenvalue weighted by Crippen LogP contribution is 2.49. The minimum atomic E-state index is 0.346. The summed E-state index contributed by atoms with van der Waals surface area (Å²) in [5.74, 6) is 3.64. The lowest BCUT2D eigenvalue weighted by Crippen LogP contribution is -2.46. The molecule has 3 aliphatic rings. The number of allylic oxidation sites excluding steroid dienone is 2. The Labute approximate surface area is 251 Å². The van der Waals surface area contributed by atoms with Crippen LogP contribution in [0.5, 0.6) is 0 Å². The number of hydrogen-bond acceptors (Lipinski definition) is 2. The molecular weight excluding hydrogens is 488 g/mol. The molecule has 234 valence electrons. The van der Waals surface area contributed by atoms with Crippen LogP contribution in [0.2, 0.25) is 0 Å². The zero-order valence-corrected chi connectivity index (χ0v) is 27.2. The van der Waals surface area contributed by atoms with Crippen LogP contribution in [0.4, 0.5) is 0 Å². The fourth-order valence-electron chi connectivity index (χ4n) is 8.14. The summed E-state index contributed by atoms with van der Waals surface area (Å²) in [6.45, 7) is 6.51. The number of hydrogen-bond donors (Lipinski definition) is 0. The molecule has 6 atom stereocenters. The van der Waals surface area contributed by atoms with Crippen LogP contribution in [-0.4, -0.2) is 25.4 Å². The summed E-state index contributed by atoms with van der Waals surface area (Å²) in [5, 5.41) is 0. The first-order valence-corrected chi connectivity index (χ1v) is 18.7. The summed E-state index contributed by atoms with van der Waals surface area (Å²) in [7, 11) is 0. The lowest BCUT2D eigenvalue weighted by atomic mass is 9.60. The summed E-state index contributed by atoms with van der Waals surface area (Å²) in [4.78, 5) is 0. The normalized spacial score (nSPS) is 27.9. The zero-order valence-electron chi connectivity index (χ0n) is 27.2. The maximum Gasteiger partial charge on any atom is 0.0839 e. The Balaban J connectivity index is 1.31. The van der Waals surface area contributed by atoms with Crippen LogP contribution in [0.1, 0.15) is 181 Å². The molecule has 0 aliphatic heterocycles. The van der Waals surface area contributed by atoms with E-state index in [0.29, 0.717) is 12.2 Å². The summed E-state index contributed by atoms with van der Waals surface area (Å²) in [5.41, 5.74) is 0. The quantitative estimate of drug-likeness (QED) is 0.0866. The Morgan fingerprint density at radius 2 is 0.725 bits per heavy atom. The molecular formula is C38H70O2. The first-order valence-electron chi connectivity index (χ1n) is 18.7. The second-order valence-corrected chi connectivity index (χ2v) is 14.1. The van der Waals surface area contributed by atoms with E-state index in [4.69, 9.17) is 9.47 Å². The minimum absolute atomic E-state index is 0.346. The maximum absolute atomic E-state index is 6.66. The smallest absolute Gasteiger partial charge is 0.0839 e. The predicted molar refractivity (Wildman–Crippen MR) is 174 cm³/mol. The largest absolute Gasteiger partial charge is 0.376 e. The van der Waals surface area contributed by atoms with Gasteiger partial charge >= 0.3 is 0 Å². The number of ether oxygens (including phenoxy) is 2. The summed E-state index contributed by atoms with van der Waals surface area (Å²) >= 11 is 0. The average molecular weight is 559 g/mol. The zero-order chi connectivity index (χ0) is 28.1. The van der Waals surface area contributed by atoms with Gasteiger partial charge in [0.25, 0.3) is 0 Å². The summed E-state index contributed by atoms with van der Waals surface area (Å²) in [6, 6.07) is 0. The second kappa shape index (κ2) is 22.2. The van der Waals surface area contributed by atoms with Crippen molar-refractivity contribution in [2.24, 2.45) is 23.7 Å². The van der Waals surface area contributed by atoms with Gasteiger partial charge in [-0.2, -0.15) is 0 Å². The van der Waals surface area contributed by atoms with E-state index in [-0.39, 0.29) is 0 Å². The third-order valence-electron chi connectivity index (χ3n) is 10.7. The Morgan fingerprint density at radius 3 is 1.07 bits per heavy atom. The van der Waals surface area contributed by atoms with Crippen molar-refractivity contribution in [2.75, 3.05) is 13.2 Å². The molecule has 0 bridgehead atoms. The van der Waals surface area contributed by atoms with Crippen molar-refractivity contribution < 1.29 is 9.47 Å². The molecule has 2 nitrogen and oxygen atoms in total. The second-order valence-electron chi connectivity index (χ2n) is 14.1. The van der Waals surface area contributed by atoms with Crippen molar-refractivity contribution in [3.05, 3.63) is 12.2 Å². The third kappa shape index (κ3) is 13.8. The first kappa shape index (κ1) is 34.2. The van der Waals surface area contributed by atoms with E-state index in [1.807, 2.05) is 0 Å². The van der Waals surface area contributed by atoms with Crippen molar-refractivity contribution >= 4 is 0 Å². The molecule has 6 unspecified atom stereocenters. The fourth-order valence-corrected chi connectivity index (χ4v) is 8.14. The first-order chi connectivity index (χ1) is 19.8. The van der Waals surface area contributed by atoms with Gasteiger partial charge in [-0.15, -0.1) is 0 Å². The Kier molecular flexibility index (Phi) is 19.0. The van der Waals surface area contributed by atoms with Crippen molar-refractivity contribution in [3.8, 4) is 0 Å². The molecule has 2 heteroatoms. The van der Waals surface area contributed by atoms with Crippen LogP contribution in [0.25, 0.3) is 0 Å². The highest BCUT2D eigenvalue weighted by molar-refractivity contribution is 5.01. The van der Waals surface area contributed by atoms with Crippen molar-refractivity contribution in [1.29, 1.82) is 0 Å². The molecule has 0 aromatic carbocycles. The predicted octanol–water partition coefficient (Wildman–Crippen LogP) is 12.0. The van der Waals surface area contributed by atoms with Crippen LogP contribution in [-0.2, 0) is 9.47 Å². The molecule has 2 fully saturated rings. The van der Waals surface area contributed by atoms with Crippen LogP contribution >= 0.6 is 0 Å². The van der Waals surface area contributed by atoms with Gasteiger partial charge in [-0.05, 0) is 75.0 Å².